The van der Waals surface area contributed by atoms with Crippen LogP contribution >= 0.6 is 11.3 Å². The molecule has 0 bridgehead atoms. The minimum atomic E-state index is -0.371. The lowest BCUT2D eigenvalue weighted by Gasteiger charge is -2.33. The van der Waals surface area contributed by atoms with E-state index in [0.29, 0.717) is 6.54 Å². The Hall–Kier alpha value is -0.380. The van der Waals surface area contributed by atoms with Gasteiger partial charge in [-0.05, 0) is 43.7 Å². The van der Waals surface area contributed by atoms with E-state index in [1.807, 2.05) is 0 Å². The lowest BCUT2D eigenvalue weighted by atomic mass is 9.78. The van der Waals surface area contributed by atoms with Crippen molar-refractivity contribution in [3.8, 4) is 0 Å². The standard InChI is InChI=1S/C15H25NOS/c1-3-11-7-8-15(9-11,10-16)14(17)13-6-5-12(4-2)18-13/h5-6,11,14,17H,3-4,7-10,16H2,1-2H3. The van der Waals surface area contributed by atoms with Crippen LogP contribution in [0.3, 0.4) is 0 Å². The highest BCUT2D eigenvalue weighted by atomic mass is 32.1. The first kappa shape index (κ1) is 14.0. The number of rotatable bonds is 5. The summed E-state index contributed by atoms with van der Waals surface area (Å²) in [5.41, 5.74) is 5.94. The van der Waals surface area contributed by atoms with E-state index >= 15 is 0 Å². The molecule has 0 aliphatic heterocycles. The molecule has 3 unspecified atom stereocenters. The zero-order valence-corrected chi connectivity index (χ0v) is 12.3. The minimum absolute atomic E-state index is 0.0729. The van der Waals surface area contributed by atoms with Gasteiger partial charge in [-0.25, -0.2) is 0 Å². The van der Waals surface area contributed by atoms with Crippen molar-refractivity contribution in [3.05, 3.63) is 21.9 Å². The Balaban J connectivity index is 2.17. The first-order chi connectivity index (χ1) is 8.65. The monoisotopic (exact) mass is 267 g/mol. The van der Waals surface area contributed by atoms with Gasteiger partial charge in [0.1, 0.15) is 0 Å². The number of hydrogen-bond donors (Lipinski definition) is 2. The van der Waals surface area contributed by atoms with Crippen LogP contribution in [-0.4, -0.2) is 11.7 Å². The van der Waals surface area contributed by atoms with Gasteiger partial charge < -0.3 is 10.8 Å². The molecule has 1 fully saturated rings. The third-order valence-electron chi connectivity index (χ3n) is 4.61. The maximum atomic E-state index is 10.7. The molecule has 3 atom stereocenters. The van der Waals surface area contributed by atoms with Crippen molar-refractivity contribution in [2.45, 2.75) is 52.1 Å². The summed E-state index contributed by atoms with van der Waals surface area (Å²) in [7, 11) is 0. The number of nitrogens with two attached hydrogens (primary N) is 1. The Morgan fingerprint density at radius 2 is 2.28 bits per heavy atom. The van der Waals surface area contributed by atoms with Gasteiger partial charge in [0.15, 0.2) is 0 Å². The maximum Gasteiger partial charge on any atom is 0.0950 e. The van der Waals surface area contributed by atoms with Gasteiger partial charge in [-0.3, -0.25) is 0 Å². The van der Waals surface area contributed by atoms with Crippen LogP contribution in [0, 0.1) is 11.3 Å². The predicted octanol–water partition coefficient (Wildman–Crippen LogP) is 3.50. The molecule has 0 saturated heterocycles. The molecule has 2 nitrogen and oxygen atoms in total. The average Bonchev–Trinajstić information content (AvgIpc) is 3.05. The highest BCUT2D eigenvalue weighted by Crippen LogP contribution is 2.51. The van der Waals surface area contributed by atoms with Crippen LogP contribution in [0.25, 0.3) is 0 Å². The first-order valence-corrected chi connectivity index (χ1v) is 7.93. The second-order valence-corrected chi connectivity index (χ2v) is 6.84. The second-order valence-electron chi connectivity index (χ2n) is 5.64. The smallest absolute Gasteiger partial charge is 0.0950 e. The van der Waals surface area contributed by atoms with Crippen molar-refractivity contribution >= 4 is 11.3 Å². The van der Waals surface area contributed by atoms with Crippen LogP contribution in [0.5, 0.6) is 0 Å². The Morgan fingerprint density at radius 3 is 2.78 bits per heavy atom. The van der Waals surface area contributed by atoms with Gasteiger partial charge in [0.25, 0.3) is 0 Å². The molecular weight excluding hydrogens is 242 g/mol. The Kier molecular flexibility index (Phi) is 4.46. The van der Waals surface area contributed by atoms with Gasteiger partial charge in [-0.15, -0.1) is 11.3 Å². The van der Waals surface area contributed by atoms with Gasteiger partial charge in [0.2, 0.25) is 0 Å². The largest absolute Gasteiger partial charge is 0.387 e. The fourth-order valence-corrected chi connectivity index (χ4v) is 4.28. The van der Waals surface area contributed by atoms with E-state index in [1.54, 1.807) is 11.3 Å². The summed E-state index contributed by atoms with van der Waals surface area (Å²) >= 11 is 1.75. The second kappa shape index (κ2) is 5.72. The van der Waals surface area contributed by atoms with Gasteiger partial charge in [-0.1, -0.05) is 20.3 Å². The molecule has 102 valence electrons. The fraction of sp³-hybridized carbons (Fsp3) is 0.733. The summed E-state index contributed by atoms with van der Waals surface area (Å²) in [5.74, 6) is 0.744. The maximum absolute atomic E-state index is 10.7. The number of thiophene rings is 1. The first-order valence-electron chi connectivity index (χ1n) is 7.12. The van der Waals surface area contributed by atoms with Crippen LogP contribution in [0.1, 0.15) is 55.4 Å². The lowest BCUT2D eigenvalue weighted by molar-refractivity contribution is 0.0329. The average molecular weight is 267 g/mol. The van der Waals surface area contributed by atoms with Crippen molar-refractivity contribution in [2.75, 3.05) is 6.54 Å². The topological polar surface area (TPSA) is 46.2 Å². The number of aliphatic hydroxyl groups excluding tert-OH is 1. The van der Waals surface area contributed by atoms with Gasteiger partial charge in [0, 0.05) is 21.7 Å². The van der Waals surface area contributed by atoms with Crippen molar-refractivity contribution in [1.29, 1.82) is 0 Å². The van der Waals surface area contributed by atoms with Crippen LogP contribution in [-0.2, 0) is 6.42 Å². The molecule has 0 spiro atoms. The van der Waals surface area contributed by atoms with E-state index < -0.39 is 0 Å². The van der Waals surface area contributed by atoms with Crippen LogP contribution in [0.4, 0.5) is 0 Å². The zero-order valence-electron chi connectivity index (χ0n) is 11.5. The van der Waals surface area contributed by atoms with Gasteiger partial charge in [0.05, 0.1) is 6.10 Å². The number of aryl methyl sites for hydroxylation is 1. The molecule has 1 aliphatic rings. The zero-order chi connectivity index (χ0) is 13.2. The molecule has 1 aliphatic carbocycles. The summed E-state index contributed by atoms with van der Waals surface area (Å²) in [5, 5.41) is 10.7. The van der Waals surface area contributed by atoms with E-state index in [0.717, 1.165) is 30.1 Å². The normalized spacial score (nSPS) is 29.7. The Labute approximate surface area is 114 Å². The quantitative estimate of drug-likeness (QED) is 0.857. The van der Waals surface area contributed by atoms with Gasteiger partial charge in [-0.2, -0.15) is 0 Å². The fourth-order valence-electron chi connectivity index (χ4n) is 3.20. The molecule has 18 heavy (non-hydrogen) atoms. The highest BCUT2D eigenvalue weighted by Gasteiger charge is 2.44. The SMILES string of the molecule is CCc1ccc(C(O)C2(CN)CCC(CC)C2)s1. The van der Waals surface area contributed by atoms with E-state index in [9.17, 15) is 5.11 Å². The molecule has 3 heteroatoms. The van der Waals surface area contributed by atoms with Crippen LogP contribution in [0.15, 0.2) is 12.1 Å². The summed E-state index contributed by atoms with van der Waals surface area (Å²) in [6, 6.07) is 4.23. The van der Waals surface area contributed by atoms with Crippen molar-refractivity contribution < 1.29 is 5.11 Å². The summed E-state index contributed by atoms with van der Waals surface area (Å²) in [6.45, 7) is 5.00. The van der Waals surface area contributed by atoms with Crippen molar-refractivity contribution in [2.24, 2.45) is 17.1 Å². The summed E-state index contributed by atoms with van der Waals surface area (Å²) in [6.07, 6.45) is 5.26. The summed E-state index contributed by atoms with van der Waals surface area (Å²) < 4.78 is 0. The Morgan fingerprint density at radius 1 is 1.50 bits per heavy atom. The number of hydrogen-bond acceptors (Lipinski definition) is 3. The van der Waals surface area contributed by atoms with E-state index in [-0.39, 0.29) is 11.5 Å². The molecule has 1 saturated carbocycles. The molecule has 0 aromatic carbocycles. The molecule has 1 aromatic rings. The third kappa shape index (κ3) is 2.49. The molecule has 1 aromatic heterocycles. The molecule has 2 rings (SSSR count). The van der Waals surface area contributed by atoms with Gasteiger partial charge >= 0.3 is 0 Å². The molecule has 0 radical (unpaired) electrons. The molecule has 0 amide bonds. The predicted molar refractivity (Wildman–Crippen MR) is 77.8 cm³/mol. The molecule has 3 N–H and O–H groups in total. The van der Waals surface area contributed by atoms with Crippen molar-refractivity contribution in [1.82, 2.24) is 0 Å². The lowest BCUT2D eigenvalue weighted by Crippen LogP contribution is -2.34. The third-order valence-corrected chi connectivity index (χ3v) is 5.89. The number of aliphatic hydroxyl groups is 1. The highest BCUT2D eigenvalue weighted by molar-refractivity contribution is 7.12. The summed E-state index contributed by atoms with van der Waals surface area (Å²) in [4.78, 5) is 2.45. The van der Waals surface area contributed by atoms with Crippen LogP contribution in [0.2, 0.25) is 0 Å². The van der Waals surface area contributed by atoms with E-state index in [2.05, 4.69) is 26.0 Å². The molecule has 1 heterocycles. The Bertz CT molecular complexity index is 390. The van der Waals surface area contributed by atoms with Crippen molar-refractivity contribution in [3.63, 3.8) is 0 Å². The van der Waals surface area contributed by atoms with E-state index in [1.165, 1.54) is 17.7 Å². The minimum Gasteiger partial charge on any atom is -0.387 e. The van der Waals surface area contributed by atoms with E-state index in [4.69, 9.17) is 5.73 Å². The molecular formula is C15H25NOS. The van der Waals surface area contributed by atoms with Crippen LogP contribution < -0.4 is 5.73 Å².